The Kier molecular flexibility index (Phi) is 8.85. The summed E-state index contributed by atoms with van der Waals surface area (Å²) in [5.41, 5.74) is 3.36. The summed E-state index contributed by atoms with van der Waals surface area (Å²) in [6.07, 6.45) is 0. The number of benzene rings is 1. The highest BCUT2D eigenvalue weighted by molar-refractivity contribution is 7.22. The van der Waals surface area contributed by atoms with Crippen LogP contribution >= 0.6 is 23.7 Å². The molecule has 0 fully saturated rings. The molecular formula is C22H32ClN5O2S. The summed E-state index contributed by atoms with van der Waals surface area (Å²) in [5, 5.41) is 5.19. The maximum atomic E-state index is 13.5. The zero-order chi connectivity index (χ0) is 21.8. The standard InChI is InChI=1S/C22H31N5O2S.ClH/c1-7-25(8-2)12-13-26(21(28)17-14-16(5)27(9-3)24-17)22-23-19-18(29-6)11-10-15(4)20(19)30-22;/h10-11,14H,7-9,12-13H2,1-6H3;1H. The van der Waals surface area contributed by atoms with Crippen LogP contribution in [0, 0.1) is 13.8 Å². The molecule has 0 aliphatic heterocycles. The number of aryl methyl sites for hydroxylation is 3. The first-order valence-electron chi connectivity index (χ1n) is 10.5. The van der Waals surface area contributed by atoms with Crippen molar-refractivity contribution in [1.29, 1.82) is 0 Å². The van der Waals surface area contributed by atoms with Gasteiger partial charge >= 0.3 is 0 Å². The fourth-order valence-electron chi connectivity index (χ4n) is 3.52. The first kappa shape index (κ1) is 25.1. The Morgan fingerprint density at radius 3 is 2.45 bits per heavy atom. The summed E-state index contributed by atoms with van der Waals surface area (Å²) in [4.78, 5) is 22.4. The van der Waals surface area contributed by atoms with Crippen LogP contribution < -0.4 is 9.64 Å². The van der Waals surface area contributed by atoms with Crippen molar-refractivity contribution in [2.45, 2.75) is 41.2 Å². The third-order valence-corrected chi connectivity index (χ3v) is 6.64. The van der Waals surface area contributed by atoms with Gasteiger partial charge < -0.3 is 9.64 Å². The number of carbonyl (C=O) groups is 1. The van der Waals surface area contributed by atoms with Crippen LogP contribution in [-0.4, -0.2) is 58.9 Å². The zero-order valence-corrected chi connectivity index (χ0v) is 20.8. The van der Waals surface area contributed by atoms with Gasteiger partial charge in [0.15, 0.2) is 10.8 Å². The summed E-state index contributed by atoms with van der Waals surface area (Å²) >= 11 is 1.53. The number of amides is 1. The molecule has 31 heavy (non-hydrogen) atoms. The van der Waals surface area contributed by atoms with E-state index in [0.717, 1.165) is 53.4 Å². The van der Waals surface area contributed by atoms with E-state index in [1.807, 2.05) is 36.7 Å². The van der Waals surface area contributed by atoms with Gasteiger partial charge in [-0.1, -0.05) is 31.3 Å². The Hall–Kier alpha value is -2.16. The zero-order valence-electron chi connectivity index (χ0n) is 19.1. The molecule has 3 rings (SSSR count). The first-order valence-corrected chi connectivity index (χ1v) is 11.3. The Bertz CT molecular complexity index is 1030. The van der Waals surface area contributed by atoms with Gasteiger partial charge in [0.1, 0.15) is 11.3 Å². The summed E-state index contributed by atoms with van der Waals surface area (Å²) in [6, 6.07) is 5.81. The van der Waals surface area contributed by atoms with Gasteiger partial charge in [-0.15, -0.1) is 12.4 Å². The summed E-state index contributed by atoms with van der Waals surface area (Å²) in [7, 11) is 1.65. The number of hydrogen-bond donors (Lipinski definition) is 0. The molecule has 0 saturated carbocycles. The molecule has 1 aromatic carbocycles. The Morgan fingerprint density at radius 2 is 1.87 bits per heavy atom. The number of carbonyl (C=O) groups excluding carboxylic acids is 1. The average molecular weight is 466 g/mol. The number of ether oxygens (including phenoxy) is 1. The summed E-state index contributed by atoms with van der Waals surface area (Å²) in [6.45, 7) is 14.3. The lowest BCUT2D eigenvalue weighted by molar-refractivity contribution is 0.0978. The van der Waals surface area contributed by atoms with Crippen molar-refractivity contribution in [1.82, 2.24) is 19.7 Å². The fourth-order valence-corrected chi connectivity index (χ4v) is 4.59. The highest BCUT2D eigenvalue weighted by Gasteiger charge is 2.25. The van der Waals surface area contributed by atoms with Crippen LogP contribution in [0.1, 0.15) is 42.5 Å². The van der Waals surface area contributed by atoms with Crippen molar-refractivity contribution in [2.24, 2.45) is 0 Å². The topological polar surface area (TPSA) is 63.5 Å². The van der Waals surface area contributed by atoms with Crippen LogP contribution in [0.3, 0.4) is 0 Å². The number of fused-ring (bicyclic) bond motifs is 1. The lowest BCUT2D eigenvalue weighted by Crippen LogP contribution is -2.39. The van der Waals surface area contributed by atoms with Gasteiger partial charge in [-0.3, -0.25) is 14.4 Å². The van der Waals surface area contributed by atoms with Gasteiger partial charge in [0.25, 0.3) is 5.91 Å². The number of thiazole rings is 1. The molecule has 0 bridgehead atoms. The molecule has 170 valence electrons. The number of rotatable bonds is 9. The maximum Gasteiger partial charge on any atom is 0.280 e. The van der Waals surface area contributed by atoms with Crippen LogP contribution in [0.5, 0.6) is 5.75 Å². The number of aromatic nitrogens is 3. The number of halogens is 1. The second-order valence-corrected chi connectivity index (χ2v) is 8.21. The molecule has 0 radical (unpaired) electrons. The highest BCUT2D eigenvalue weighted by atomic mass is 35.5. The normalized spacial score (nSPS) is 11.1. The van der Waals surface area contributed by atoms with Crippen molar-refractivity contribution in [3.63, 3.8) is 0 Å². The predicted molar refractivity (Wildman–Crippen MR) is 130 cm³/mol. The van der Waals surface area contributed by atoms with E-state index < -0.39 is 0 Å². The van der Waals surface area contributed by atoms with E-state index in [1.54, 1.807) is 12.0 Å². The van der Waals surface area contributed by atoms with E-state index in [0.29, 0.717) is 17.4 Å². The van der Waals surface area contributed by atoms with Gasteiger partial charge in [0.05, 0.1) is 11.8 Å². The molecule has 0 aliphatic rings. The molecule has 2 heterocycles. The van der Waals surface area contributed by atoms with Gasteiger partial charge in [-0.25, -0.2) is 4.98 Å². The largest absolute Gasteiger partial charge is 0.494 e. The molecule has 0 saturated heterocycles. The monoisotopic (exact) mass is 465 g/mol. The molecule has 0 N–H and O–H groups in total. The quantitative estimate of drug-likeness (QED) is 0.464. The van der Waals surface area contributed by atoms with Crippen molar-refractivity contribution in [3.8, 4) is 5.75 Å². The number of likely N-dealkylation sites (N-methyl/N-ethyl adjacent to an activating group) is 1. The molecular weight excluding hydrogens is 434 g/mol. The van der Waals surface area contributed by atoms with Gasteiger partial charge in [-0.2, -0.15) is 5.10 Å². The number of methoxy groups -OCH3 is 1. The first-order chi connectivity index (χ1) is 14.4. The minimum atomic E-state index is -0.117. The van der Waals surface area contributed by atoms with E-state index in [2.05, 4.69) is 30.8 Å². The molecule has 9 heteroatoms. The van der Waals surface area contributed by atoms with E-state index in [-0.39, 0.29) is 18.3 Å². The molecule has 1 amide bonds. The Balaban J connectivity index is 0.00000341. The predicted octanol–water partition coefficient (Wildman–Crippen LogP) is 4.55. The van der Waals surface area contributed by atoms with Crippen molar-refractivity contribution in [3.05, 3.63) is 35.2 Å². The number of nitrogens with zero attached hydrogens (tertiary/aromatic N) is 5. The van der Waals surface area contributed by atoms with Crippen LogP contribution in [-0.2, 0) is 6.54 Å². The van der Waals surface area contributed by atoms with Gasteiger partial charge in [0.2, 0.25) is 0 Å². The average Bonchev–Trinajstić information content (AvgIpc) is 3.35. The minimum absolute atomic E-state index is 0. The van der Waals surface area contributed by atoms with E-state index in [4.69, 9.17) is 9.72 Å². The summed E-state index contributed by atoms with van der Waals surface area (Å²) in [5.74, 6) is 0.605. The van der Waals surface area contributed by atoms with Crippen LogP contribution in [0.4, 0.5) is 5.13 Å². The molecule has 0 unspecified atom stereocenters. The maximum absolute atomic E-state index is 13.5. The molecule has 0 spiro atoms. The molecule has 0 atom stereocenters. The number of anilines is 1. The van der Waals surface area contributed by atoms with Crippen molar-refractivity contribution < 1.29 is 9.53 Å². The van der Waals surface area contributed by atoms with Crippen LogP contribution in [0.15, 0.2) is 18.2 Å². The Labute approximate surface area is 194 Å². The lowest BCUT2D eigenvalue weighted by atomic mass is 10.2. The van der Waals surface area contributed by atoms with Crippen molar-refractivity contribution in [2.75, 3.05) is 38.2 Å². The van der Waals surface area contributed by atoms with Crippen molar-refractivity contribution >= 4 is 45.0 Å². The fraction of sp³-hybridized carbons (Fsp3) is 0.500. The molecule has 0 aliphatic carbocycles. The second-order valence-electron chi connectivity index (χ2n) is 7.23. The van der Waals surface area contributed by atoms with Gasteiger partial charge in [-0.05, 0) is 51.6 Å². The smallest absolute Gasteiger partial charge is 0.280 e. The SMILES string of the molecule is CCN(CC)CCN(C(=O)c1cc(C)n(CC)n1)c1nc2c(OC)ccc(C)c2s1.Cl. The van der Waals surface area contributed by atoms with Crippen LogP contribution in [0.2, 0.25) is 0 Å². The molecule has 2 aromatic heterocycles. The van der Waals surface area contributed by atoms with Crippen LogP contribution in [0.25, 0.3) is 10.2 Å². The van der Waals surface area contributed by atoms with E-state index >= 15 is 0 Å². The van der Waals surface area contributed by atoms with E-state index in [1.165, 1.54) is 11.3 Å². The molecule has 7 nitrogen and oxygen atoms in total. The second kappa shape index (κ2) is 10.9. The Morgan fingerprint density at radius 1 is 1.16 bits per heavy atom. The third kappa shape index (κ3) is 5.19. The summed E-state index contributed by atoms with van der Waals surface area (Å²) < 4.78 is 8.39. The minimum Gasteiger partial charge on any atom is -0.494 e. The molecule has 3 aromatic rings. The van der Waals surface area contributed by atoms with Gasteiger partial charge in [0, 0.05) is 25.3 Å². The third-order valence-electron chi connectivity index (χ3n) is 5.42. The lowest BCUT2D eigenvalue weighted by Gasteiger charge is -2.24. The van der Waals surface area contributed by atoms with E-state index in [9.17, 15) is 4.79 Å². The number of hydrogen-bond acceptors (Lipinski definition) is 6. The highest BCUT2D eigenvalue weighted by Crippen LogP contribution is 2.36.